The van der Waals surface area contributed by atoms with Gasteiger partial charge in [0.25, 0.3) is 5.91 Å². The second-order valence-electron chi connectivity index (χ2n) is 7.40. The SMILES string of the molecule is CC(=O)Nc1ccc(-c2ccc(NC(=O)Nc3cccc(C)c3)cc2)c2c1C(=O)NC2. The summed E-state index contributed by atoms with van der Waals surface area (Å²) in [7, 11) is 0. The number of carbonyl (C=O) groups excluding carboxylic acids is 3. The standard InChI is InChI=1S/C24H22N4O3/c1-14-4-3-5-18(12-14)28-24(31)27-17-8-6-16(7-9-17)19-10-11-21(26-15(2)29)22-20(19)13-25-23(22)30/h3-12H,13H2,1-2H3,(H,25,30)(H,26,29)(H2,27,28,31). The maximum absolute atomic E-state index is 12.3. The summed E-state index contributed by atoms with van der Waals surface area (Å²) < 4.78 is 0. The summed E-state index contributed by atoms with van der Waals surface area (Å²) in [6, 6.07) is 18.3. The summed E-state index contributed by atoms with van der Waals surface area (Å²) in [5, 5.41) is 11.2. The summed E-state index contributed by atoms with van der Waals surface area (Å²) in [4.78, 5) is 36.0. The summed E-state index contributed by atoms with van der Waals surface area (Å²) in [6.45, 7) is 3.77. The Hall–Kier alpha value is -4.13. The average Bonchev–Trinajstić information content (AvgIpc) is 3.11. The quantitative estimate of drug-likeness (QED) is 0.505. The number of fused-ring (bicyclic) bond motifs is 1. The summed E-state index contributed by atoms with van der Waals surface area (Å²) in [6.07, 6.45) is 0. The van der Waals surface area contributed by atoms with Gasteiger partial charge in [-0.15, -0.1) is 0 Å². The summed E-state index contributed by atoms with van der Waals surface area (Å²) >= 11 is 0. The molecular weight excluding hydrogens is 392 g/mol. The molecule has 1 aliphatic rings. The zero-order chi connectivity index (χ0) is 22.0. The maximum Gasteiger partial charge on any atom is 0.323 e. The van der Waals surface area contributed by atoms with Gasteiger partial charge in [0.05, 0.1) is 11.3 Å². The molecule has 4 N–H and O–H groups in total. The molecule has 3 aromatic carbocycles. The van der Waals surface area contributed by atoms with Crippen LogP contribution < -0.4 is 21.3 Å². The van der Waals surface area contributed by atoms with Gasteiger partial charge < -0.3 is 21.3 Å². The highest BCUT2D eigenvalue weighted by molar-refractivity contribution is 6.08. The number of amides is 4. The lowest BCUT2D eigenvalue weighted by Crippen LogP contribution is -2.19. The lowest BCUT2D eigenvalue weighted by atomic mass is 9.95. The van der Waals surface area contributed by atoms with E-state index in [0.29, 0.717) is 23.5 Å². The molecule has 1 heterocycles. The molecule has 3 aromatic rings. The Morgan fingerprint density at radius 2 is 1.65 bits per heavy atom. The first-order valence-electron chi connectivity index (χ1n) is 9.87. The molecule has 0 spiro atoms. The molecule has 31 heavy (non-hydrogen) atoms. The molecule has 7 heteroatoms. The van der Waals surface area contributed by atoms with Crippen LogP contribution in [0.5, 0.6) is 0 Å². The largest absolute Gasteiger partial charge is 0.348 e. The molecule has 1 aliphatic heterocycles. The Morgan fingerprint density at radius 1 is 0.903 bits per heavy atom. The maximum atomic E-state index is 12.3. The first-order chi connectivity index (χ1) is 14.9. The summed E-state index contributed by atoms with van der Waals surface area (Å²) in [5.74, 6) is -0.430. The monoisotopic (exact) mass is 414 g/mol. The number of rotatable bonds is 4. The minimum atomic E-state index is -0.325. The molecule has 0 bridgehead atoms. The van der Waals surface area contributed by atoms with Gasteiger partial charge in [0.1, 0.15) is 0 Å². The molecule has 0 saturated carbocycles. The minimum absolute atomic E-state index is 0.202. The van der Waals surface area contributed by atoms with Gasteiger partial charge in [-0.3, -0.25) is 9.59 Å². The molecule has 0 radical (unpaired) electrons. The molecule has 0 fully saturated rings. The number of aryl methyl sites for hydroxylation is 1. The second kappa shape index (κ2) is 8.31. The van der Waals surface area contributed by atoms with Crippen molar-refractivity contribution in [2.24, 2.45) is 0 Å². The van der Waals surface area contributed by atoms with Gasteiger partial charge in [-0.2, -0.15) is 0 Å². The number of hydrogen-bond donors (Lipinski definition) is 4. The zero-order valence-corrected chi connectivity index (χ0v) is 17.2. The van der Waals surface area contributed by atoms with Crippen LogP contribution in [0.2, 0.25) is 0 Å². The van der Waals surface area contributed by atoms with Crippen LogP contribution in [0.1, 0.15) is 28.4 Å². The Bertz CT molecular complexity index is 1190. The van der Waals surface area contributed by atoms with Gasteiger partial charge in [0.15, 0.2) is 0 Å². The Kier molecular flexibility index (Phi) is 5.41. The molecular formula is C24H22N4O3. The van der Waals surface area contributed by atoms with Crippen molar-refractivity contribution in [2.75, 3.05) is 16.0 Å². The Morgan fingerprint density at radius 3 is 2.35 bits per heavy atom. The zero-order valence-electron chi connectivity index (χ0n) is 17.2. The average molecular weight is 414 g/mol. The third-order valence-corrected chi connectivity index (χ3v) is 5.01. The predicted octanol–water partition coefficient (Wildman–Crippen LogP) is 4.51. The molecule has 4 rings (SSSR count). The normalized spacial score (nSPS) is 12.0. The molecule has 0 unspecified atom stereocenters. The van der Waals surface area contributed by atoms with E-state index in [2.05, 4.69) is 21.3 Å². The fraction of sp³-hybridized carbons (Fsp3) is 0.125. The Balaban J connectivity index is 1.53. The molecule has 0 atom stereocenters. The fourth-order valence-corrected chi connectivity index (χ4v) is 3.66. The first-order valence-corrected chi connectivity index (χ1v) is 9.87. The fourth-order valence-electron chi connectivity index (χ4n) is 3.66. The third-order valence-electron chi connectivity index (χ3n) is 5.01. The lowest BCUT2D eigenvalue weighted by Gasteiger charge is -2.13. The van der Waals surface area contributed by atoms with Crippen LogP contribution in [-0.2, 0) is 11.3 Å². The van der Waals surface area contributed by atoms with Crippen LogP contribution in [-0.4, -0.2) is 17.8 Å². The highest BCUT2D eigenvalue weighted by Crippen LogP contribution is 2.34. The van der Waals surface area contributed by atoms with Crippen molar-refractivity contribution in [2.45, 2.75) is 20.4 Å². The van der Waals surface area contributed by atoms with Gasteiger partial charge in [-0.25, -0.2) is 4.79 Å². The van der Waals surface area contributed by atoms with Crippen molar-refractivity contribution in [1.29, 1.82) is 0 Å². The van der Waals surface area contributed by atoms with E-state index in [1.165, 1.54) is 6.92 Å². The third kappa shape index (κ3) is 4.40. The molecule has 7 nitrogen and oxygen atoms in total. The van der Waals surface area contributed by atoms with E-state index in [9.17, 15) is 14.4 Å². The van der Waals surface area contributed by atoms with Crippen molar-refractivity contribution in [3.63, 3.8) is 0 Å². The van der Waals surface area contributed by atoms with Gasteiger partial charge in [-0.05, 0) is 59.5 Å². The lowest BCUT2D eigenvalue weighted by molar-refractivity contribution is -0.114. The van der Waals surface area contributed by atoms with Crippen LogP contribution in [0.3, 0.4) is 0 Å². The van der Waals surface area contributed by atoms with Crippen molar-refractivity contribution in [1.82, 2.24) is 5.32 Å². The number of anilines is 3. The van der Waals surface area contributed by atoms with Gasteiger partial charge >= 0.3 is 6.03 Å². The highest BCUT2D eigenvalue weighted by Gasteiger charge is 2.26. The molecule has 4 amide bonds. The van der Waals surface area contributed by atoms with Crippen LogP contribution in [0, 0.1) is 6.92 Å². The van der Waals surface area contributed by atoms with Crippen molar-refractivity contribution >= 4 is 34.9 Å². The number of urea groups is 1. The second-order valence-corrected chi connectivity index (χ2v) is 7.40. The molecule has 0 saturated heterocycles. The van der Waals surface area contributed by atoms with Crippen LogP contribution >= 0.6 is 0 Å². The van der Waals surface area contributed by atoms with Crippen LogP contribution in [0.15, 0.2) is 60.7 Å². The Labute approximate surface area is 179 Å². The van der Waals surface area contributed by atoms with E-state index in [1.54, 1.807) is 6.07 Å². The number of carbonyl (C=O) groups is 3. The highest BCUT2D eigenvalue weighted by atomic mass is 16.2. The predicted molar refractivity (Wildman–Crippen MR) is 121 cm³/mol. The molecule has 0 aromatic heterocycles. The van der Waals surface area contributed by atoms with Crippen LogP contribution in [0.25, 0.3) is 11.1 Å². The van der Waals surface area contributed by atoms with Crippen molar-refractivity contribution < 1.29 is 14.4 Å². The van der Waals surface area contributed by atoms with Gasteiger partial charge in [0.2, 0.25) is 5.91 Å². The van der Waals surface area contributed by atoms with E-state index in [1.807, 2.05) is 61.5 Å². The smallest absolute Gasteiger partial charge is 0.323 e. The van der Waals surface area contributed by atoms with Crippen molar-refractivity contribution in [3.05, 3.63) is 77.4 Å². The summed E-state index contributed by atoms with van der Waals surface area (Å²) in [5.41, 5.74) is 6.09. The number of benzene rings is 3. The van der Waals surface area contributed by atoms with E-state index in [-0.39, 0.29) is 17.8 Å². The number of nitrogens with one attached hydrogen (secondary N) is 4. The first kappa shape index (κ1) is 20.2. The molecule has 0 aliphatic carbocycles. The van der Waals surface area contributed by atoms with E-state index in [0.717, 1.165) is 27.9 Å². The van der Waals surface area contributed by atoms with Gasteiger partial charge in [0, 0.05) is 24.8 Å². The number of hydrogen-bond acceptors (Lipinski definition) is 3. The van der Waals surface area contributed by atoms with E-state index >= 15 is 0 Å². The van der Waals surface area contributed by atoms with E-state index in [4.69, 9.17) is 0 Å². The van der Waals surface area contributed by atoms with Crippen molar-refractivity contribution in [3.8, 4) is 11.1 Å². The topological polar surface area (TPSA) is 99.3 Å². The van der Waals surface area contributed by atoms with Gasteiger partial charge in [-0.1, -0.05) is 30.3 Å². The van der Waals surface area contributed by atoms with E-state index < -0.39 is 0 Å². The minimum Gasteiger partial charge on any atom is -0.348 e. The molecule has 156 valence electrons. The van der Waals surface area contributed by atoms with Crippen LogP contribution in [0.4, 0.5) is 21.9 Å².